The highest BCUT2D eigenvalue weighted by molar-refractivity contribution is 5.14. The van der Waals surface area contributed by atoms with Crippen molar-refractivity contribution < 1.29 is 0 Å². The van der Waals surface area contributed by atoms with Crippen LogP contribution in [0.1, 0.15) is 50.6 Å². The van der Waals surface area contributed by atoms with Gasteiger partial charge in [0.1, 0.15) is 0 Å². The van der Waals surface area contributed by atoms with Gasteiger partial charge in [-0.25, -0.2) is 0 Å². The van der Waals surface area contributed by atoms with Gasteiger partial charge in [0.25, 0.3) is 0 Å². The van der Waals surface area contributed by atoms with Crippen LogP contribution < -0.4 is 5.32 Å². The van der Waals surface area contributed by atoms with E-state index in [2.05, 4.69) is 29.4 Å². The third kappa shape index (κ3) is 2.28. The van der Waals surface area contributed by atoms with Crippen LogP contribution in [0.4, 0.5) is 0 Å². The topological polar surface area (TPSA) is 24.9 Å². The molecule has 0 spiro atoms. The molecule has 2 nitrogen and oxygen atoms in total. The Morgan fingerprint density at radius 3 is 2.25 bits per heavy atom. The Hall–Kier alpha value is -0.890. The first-order valence-electron chi connectivity index (χ1n) is 8.43. The molecule has 1 aromatic rings. The van der Waals surface area contributed by atoms with Gasteiger partial charge in [-0.2, -0.15) is 0 Å². The fourth-order valence-electron chi connectivity index (χ4n) is 5.45. The Balaban J connectivity index is 1.38. The summed E-state index contributed by atoms with van der Waals surface area (Å²) in [6, 6.07) is 4.72. The predicted octanol–water partition coefficient (Wildman–Crippen LogP) is 3.80. The Morgan fingerprint density at radius 1 is 1.05 bits per heavy atom. The lowest BCUT2D eigenvalue weighted by molar-refractivity contribution is -0.0362. The number of rotatable bonds is 4. The van der Waals surface area contributed by atoms with E-state index in [4.69, 9.17) is 0 Å². The number of nitrogens with one attached hydrogen (secondary N) is 1. The highest BCUT2D eigenvalue weighted by Crippen LogP contribution is 2.56. The Bertz CT molecular complexity index is 428. The first-order chi connectivity index (χ1) is 9.79. The molecule has 5 rings (SSSR count). The van der Waals surface area contributed by atoms with Crippen molar-refractivity contribution in [2.75, 3.05) is 6.54 Å². The second kappa shape index (κ2) is 5.14. The van der Waals surface area contributed by atoms with Crippen LogP contribution in [0.5, 0.6) is 0 Å². The van der Waals surface area contributed by atoms with E-state index < -0.39 is 0 Å². The summed E-state index contributed by atoms with van der Waals surface area (Å²) in [5.74, 6) is 5.19. The molecule has 4 fully saturated rings. The summed E-state index contributed by atoms with van der Waals surface area (Å²) in [4.78, 5) is 4.11. The van der Waals surface area contributed by atoms with Crippen LogP contribution in [-0.4, -0.2) is 11.5 Å². The highest BCUT2D eigenvalue weighted by Gasteiger charge is 2.47. The van der Waals surface area contributed by atoms with Crippen molar-refractivity contribution in [2.24, 2.45) is 29.6 Å². The Kier molecular flexibility index (Phi) is 3.30. The van der Waals surface area contributed by atoms with Crippen LogP contribution in [0, 0.1) is 29.6 Å². The molecule has 1 unspecified atom stereocenters. The van der Waals surface area contributed by atoms with E-state index >= 15 is 0 Å². The van der Waals surface area contributed by atoms with Crippen molar-refractivity contribution >= 4 is 0 Å². The summed E-state index contributed by atoms with van der Waals surface area (Å²) >= 11 is 0. The molecule has 1 aromatic heterocycles. The third-order valence-electron chi connectivity index (χ3n) is 6.29. The maximum absolute atomic E-state index is 4.11. The van der Waals surface area contributed by atoms with E-state index in [1.54, 1.807) is 6.42 Å². The number of aromatic nitrogens is 1. The number of nitrogens with zero attached hydrogens (tertiary/aromatic N) is 1. The normalized spacial score (nSPS) is 40.0. The maximum atomic E-state index is 4.11. The van der Waals surface area contributed by atoms with Crippen molar-refractivity contribution in [2.45, 2.75) is 45.1 Å². The SMILES string of the molecule is CC(NCC1C2CC3CC(C2)CC1C3)c1ccncc1. The summed E-state index contributed by atoms with van der Waals surface area (Å²) in [5, 5.41) is 3.80. The van der Waals surface area contributed by atoms with Gasteiger partial charge in [-0.05, 0) is 92.9 Å². The predicted molar refractivity (Wildman–Crippen MR) is 81.2 cm³/mol. The van der Waals surface area contributed by atoms with Gasteiger partial charge < -0.3 is 5.32 Å². The number of hydrogen-bond acceptors (Lipinski definition) is 2. The summed E-state index contributed by atoms with van der Waals surface area (Å²) in [6.45, 7) is 3.50. The van der Waals surface area contributed by atoms with Gasteiger partial charge in [0, 0.05) is 18.4 Å². The molecule has 4 bridgehead atoms. The lowest BCUT2D eigenvalue weighted by atomic mass is 9.52. The third-order valence-corrected chi connectivity index (χ3v) is 6.29. The van der Waals surface area contributed by atoms with Gasteiger partial charge in [0.2, 0.25) is 0 Å². The van der Waals surface area contributed by atoms with E-state index in [0.29, 0.717) is 6.04 Å². The van der Waals surface area contributed by atoms with E-state index in [0.717, 1.165) is 29.6 Å². The second-order valence-corrected chi connectivity index (χ2v) is 7.51. The molecule has 0 aromatic carbocycles. The second-order valence-electron chi connectivity index (χ2n) is 7.51. The van der Waals surface area contributed by atoms with E-state index in [-0.39, 0.29) is 0 Å². The van der Waals surface area contributed by atoms with Crippen molar-refractivity contribution in [1.82, 2.24) is 10.3 Å². The van der Waals surface area contributed by atoms with Gasteiger partial charge in [0.05, 0.1) is 0 Å². The quantitative estimate of drug-likeness (QED) is 0.900. The molecule has 0 amide bonds. The molecule has 0 radical (unpaired) electrons. The summed E-state index contributed by atoms with van der Waals surface area (Å²) < 4.78 is 0. The van der Waals surface area contributed by atoms with Gasteiger partial charge >= 0.3 is 0 Å². The first kappa shape index (κ1) is 12.8. The van der Waals surface area contributed by atoms with Crippen LogP contribution in [0.2, 0.25) is 0 Å². The van der Waals surface area contributed by atoms with Crippen LogP contribution in [0.3, 0.4) is 0 Å². The van der Waals surface area contributed by atoms with Gasteiger partial charge in [-0.3, -0.25) is 4.98 Å². The average molecular weight is 270 g/mol. The molecule has 4 aliphatic rings. The molecule has 0 aliphatic heterocycles. The monoisotopic (exact) mass is 270 g/mol. The fraction of sp³-hybridized carbons (Fsp3) is 0.722. The first-order valence-corrected chi connectivity index (χ1v) is 8.43. The van der Waals surface area contributed by atoms with Crippen LogP contribution >= 0.6 is 0 Å². The molecule has 4 saturated carbocycles. The van der Waals surface area contributed by atoms with Crippen molar-refractivity contribution in [1.29, 1.82) is 0 Å². The molecule has 2 heteroatoms. The minimum Gasteiger partial charge on any atom is -0.310 e. The Labute approximate surface area is 122 Å². The fourth-order valence-corrected chi connectivity index (χ4v) is 5.45. The van der Waals surface area contributed by atoms with Gasteiger partial charge in [-0.15, -0.1) is 0 Å². The molecule has 108 valence electrons. The minimum atomic E-state index is 0.454. The van der Waals surface area contributed by atoms with E-state index in [9.17, 15) is 0 Å². The molecule has 1 heterocycles. The lowest BCUT2D eigenvalue weighted by Crippen LogP contribution is -2.48. The molecule has 0 saturated heterocycles. The lowest BCUT2D eigenvalue weighted by Gasteiger charge is -2.54. The van der Waals surface area contributed by atoms with Gasteiger partial charge in [-0.1, -0.05) is 0 Å². The molecule has 1 atom stereocenters. The maximum Gasteiger partial charge on any atom is 0.0293 e. The largest absolute Gasteiger partial charge is 0.310 e. The van der Waals surface area contributed by atoms with E-state index in [1.165, 1.54) is 37.8 Å². The molecular formula is C18H26N2. The number of hydrogen-bond donors (Lipinski definition) is 1. The molecule has 20 heavy (non-hydrogen) atoms. The Morgan fingerprint density at radius 2 is 1.65 bits per heavy atom. The average Bonchev–Trinajstić information content (AvgIpc) is 2.46. The van der Waals surface area contributed by atoms with Crippen LogP contribution in [-0.2, 0) is 0 Å². The van der Waals surface area contributed by atoms with Crippen molar-refractivity contribution in [3.05, 3.63) is 30.1 Å². The van der Waals surface area contributed by atoms with E-state index in [1.807, 2.05) is 12.4 Å². The minimum absolute atomic E-state index is 0.454. The van der Waals surface area contributed by atoms with Crippen LogP contribution in [0.15, 0.2) is 24.5 Å². The summed E-state index contributed by atoms with van der Waals surface area (Å²) in [6.07, 6.45) is 11.5. The highest BCUT2D eigenvalue weighted by atomic mass is 14.9. The smallest absolute Gasteiger partial charge is 0.0293 e. The van der Waals surface area contributed by atoms with Crippen LogP contribution in [0.25, 0.3) is 0 Å². The van der Waals surface area contributed by atoms with Gasteiger partial charge in [0.15, 0.2) is 0 Å². The van der Waals surface area contributed by atoms with Crippen molar-refractivity contribution in [3.8, 4) is 0 Å². The van der Waals surface area contributed by atoms with Crippen molar-refractivity contribution in [3.63, 3.8) is 0 Å². The zero-order valence-corrected chi connectivity index (χ0v) is 12.5. The molecular weight excluding hydrogens is 244 g/mol. The number of pyridine rings is 1. The molecule has 1 N–H and O–H groups in total. The zero-order chi connectivity index (χ0) is 13.5. The summed E-state index contributed by atoms with van der Waals surface area (Å²) in [7, 11) is 0. The zero-order valence-electron chi connectivity index (χ0n) is 12.5. The summed E-state index contributed by atoms with van der Waals surface area (Å²) in [5.41, 5.74) is 1.36. The standard InChI is InChI=1S/C18H26N2/c1-12(15-2-4-19-5-3-15)20-11-18-16-7-13-6-14(9-16)10-17(18)8-13/h2-5,12-14,16-18,20H,6-11H2,1H3. The molecule has 4 aliphatic carbocycles.